The average molecular weight is 931 g/mol. The third kappa shape index (κ3) is 12.2. The molecule has 1 aromatic heterocycles. The predicted octanol–water partition coefficient (Wildman–Crippen LogP) is 4.06. The molecule has 8 unspecified atom stereocenters. The fraction of sp³-hybridized carbons (Fsp3) is 0.647. The minimum Gasteiger partial charge on any atom is -0.394 e. The van der Waals surface area contributed by atoms with Crippen molar-refractivity contribution in [3.8, 4) is 0 Å². The van der Waals surface area contributed by atoms with Crippen LogP contribution in [0.3, 0.4) is 0 Å². The highest BCUT2D eigenvalue weighted by Crippen LogP contribution is 2.29. The van der Waals surface area contributed by atoms with E-state index in [2.05, 4.69) is 4.98 Å². The highest BCUT2D eigenvalue weighted by atomic mass is 16.3. The van der Waals surface area contributed by atoms with E-state index >= 15 is 0 Å². The maximum absolute atomic E-state index is 14.9. The normalized spacial score (nSPS) is 18.8. The summed E-state index contributed by atoms with van der Waals surface area (Å²) in [5.41, 5.74) is 1.15. The summed E-state index contributed by atoms with van der Waals surface area (Å²) < 4.78 is 0. The first-order chi connectivity index (χ1) is 31.6. The fourth-order valence-electron chi connectivity index (χ4n) is 10.1. The molecule has 2 aliphatic rings. The average Bonchev–Trinajstić information content (AvgIpc) is 4.01. The van der Waals surface area contributed by atoms with Gasteiger partial charge in [-0.3, -0.25) is 38.5 Å². The van der Waals surface area contributed by atoms with Crippen LogP contribution in [-0.4, -0.2) is 183 Å². The van der Waals surface area contributed by atoms with E-state index in [1.807, 2.05) is 85.7 Å². The molecule has 2 aromatic rings. The lowest BCUT2D eigenvalue weighted by Crippen LogP contribution is -2.62. The first kappa shape index (κ1) is 54.2. The van der Waals surface area contributed by atoms with Crippen molar-refractivity contribution in [2.24, 2.45) is 23.7 Å². The second-order valence-corrected chi connectivity index (χ2v) is 19.8. The first-order valence-corrected chi connectivity index (χ1v) is 24.1. The fourth-order valence-corrected chi connectivity index (χ4v) is 10.1. The number of amides is 7. The van der Waals surface area contributed by atoms with Crippen molar-refractivity contribution in [1.82, 2.24) is 39.3 Å². The molecule has 8 atom stereocenters. The molecule has 0 aliphatic carbocycles. The van der Waals surface area contributed by atoms with E-state index in [1.54, 1.807) is 58.5 Å². The predicted molar refractivity (Wildman–Crippen MR) is 257 cm³/mol. The van der Waals surface area contributed by atoms with Gasteiger partial charge in [0.25, 0.3) is 5.91 Å². The zero-order valence-corrected chi connectivity index (χ0v) is 42.3. The van der Waals surface area contributed by atoms with Crippen molar-refractivity contribution in [1.29, 1.82) is 0 Å². The Morgan fingerprint density at radius 3 is 1.70 bits per heavy atom. The molecule has 0 saturated carbocycles. The zero-order chi connectivity index (χ0) is 50.0. The SMILES string of the molecule is CCC(C)C(C(=O)N(C)C(C(=O)N(C)C(C(=O)N1CCCC1CO)C(C)C)C(C)C)N(C)C(=O)C1CCCN1C(=O)C(C(C)C)N(C)C(=O)C(Cc1ccccc1)N(C)C(=O)c1cccnc1. The lowest BCUT2D eigenvalue weighted by atomic mass is 9.92. The molecule has 2 saturated heterocycles. The van der Waals surface area contributed by atoms with Gasteiger partial charge in [-0.2, -0.15) is 0 Å². The largest absolute Gasteiger partial charge is 0.394 e. The minimum atomic E-state index is -0.992. The van der Waals surface area contributed by atoms with Crippen LogP contribution in [0.5, 0.6) is 0 Å². The standard InChI is InChI=1S/C51H78N8O8/c1-14-35(8)44(49(65)55(11)41(32(2)3)48(64)56(12)42(33(4)5)50(66)58-27-19-24-38(58)31-60)57(13)46(62)39-25-20-28-59(39)51(67)43(34(6)7)54(10)47(63)40(29-36-21-16-15-17-22-36)53(9)45(61)37-23-18-26-52-30-37/h15-18,21-23,26,30,32-35,38-44,60H,14,19-20,24-25,27-29,31H2,1-13H3. The van der Waals surface area contributed by atoms with E-state index in [1.165, 1.54) is 35.6 Å². The first-order valence-electron chi connectivity index (χ1n) is 24.1. The summed E-state index contributed by atoms with van der Waals surface area (Å²) >= 11 is 0. The highest BCUT2D eigenvalue weighted by molar-refractivity contribution is 5.99. The molecule has 0 bridgehead atoms. The van der Waals surface area contributed by atoms with Crippen LogP contribution in [0.4, 0.5) is 0 Å². The van der Waals surface area contributed by atoms with Crippen LogP contribution in [0.15, 0.2) is 54.9 Å². The number of carbonyl (C=O) groups excluding carboxylic acids is 7. The van der Waals surface area contributed by atoms with Gasteiger partial charge in [0.1, 0.15) is 36.3 Å². The van der Waals surface area contributed by atoms with Gasteiger partial charge in [-0.15, -0.1) is 0 Å². The lowest BCUT2D eigenvalue weighted by molar-refractivity contribution is -0.158. The summed E-state index contributed by atoms with van der Waals surface area (Å²) in [6.45, 7) is 15.5. The number of likely N-dealkylation sites (N-methyl/N-ethyl adjacent to an activating group) is 5. The number of aromatic nitrogens is 1. The number of pyridine rings is 1. The molecule has 67 heavy (non-hydrogen) atoms. The number of likely N-dealkylation sites (tertiary alicyclic amines) is 2. The molecule has 7 amide bonds. The lowest BCUT2D eigenvalue weighted by Gasteiger charge is -2.42. The van der Waals surface area contributed by atoms with E-state index in [-0.39, 0.29) is 55.2 Å². The zero-order valence-electron chi connectivity index (χ0n) is 42.3. The number of rotatable bonds is 20. The number of hydrogen-bond donors (Lipinski definition) is 1. The van der Waals surface area contributed by atoms with Gasteiger partial charge in [-0.25, -0.2) is 0 Å². The molecular weight excluding hydrogens is 853 g/mol. The molecule has 2 fully saturated rings. The van der Waals surface area contributed by atoms with Crippen LogP contribution in [0.1, 0.15) is 103 Å². The van der Waals surface area contributed by atoms with E-state index in [0.717, 1.165) is 12.0 Å². The Morgan fingerprint density at radius 1 is 0.642 bits per heavy atom. The second kappa shape index (κ2) is 24.1. The Labute approximate surface area is 399 Å². The maximum Gasteiger partial charge on any atom is 0.255 e. The molecule has 3 heterocycles. The quantitative estimate of drug-likeness (QED) is 0.205. The third-order valence-electron chi connectivity index (χ3n) is 14.1. The van der Waals surface area contributed by atoms with E-state index in [4.69, 9.17) is 0 Å². The molecule has 0 spiro atoms. The Bertz CT molecular complexity index is 2020. The van der Waals surface area contributed by atoms with Crippen LogP contribution in [0.25, 0.3) is 0 Å². The monoisotopic (exact) mass is 931 g/mol. The van der Waals surface area contributed by atoms with Crippen molar-refractivity contribution >= 4 is 41.4 Å². The summed E-state index contributed by atoms with van der Waals surface area (Å²) in [6, 6.07) is 6.68. The summed E-state index contributed by atoms with van der Waals surface area (Å²) in [4.78, 5) is 116. The molecule has 16 nitrogen and oxygen atoms in total. The number of benzene rings is 1. The summed E-state index contributed by atoms with van der Waals surface area (Å²) in [7, 11) is 7.88. The van der Waals surface area contributed by atoms with Crippen LogP contribution in [0, 0.1) is 23.7 Å². The number of aliphatic hydroxyl groups is 1. The third-order valence-corrected chi connectivity index (χ3v) is 14.1. The molecule has 16 heteroatoms. The Morgan fingerprint density at radius 2 is 1.16 bits per heavy atom. The molecular formula is C51H78N8O8. The van der Waals surface area contributed by atoms with Gasteiger partial charge >= 0.3 is 0 Å². The van der Waals surface area contributed by atoms with Crippen LogP contribution in [-0.2, 0) is 35.2 Å². The Hall–Kier alpha value is -5.38. The van der Waals surface area contributed by atoms with Crippen LogP contribution >= 0.6 is 0 Å². The van der Waals surface area contributed by atoms with Gasteiger partial charge in [-0.1, -0.05) is 92.1 Å². The number of hydrogen-bond acceptors (Lipinski definition) is 9. The van der Waals surface area contributed by atoms with Crippen LogP contribution < -0.4 is 0 Å². The van der Waals surface area contributed by atoms with Gasteiger partial charge < -0.3 is 39.4 Å². The number of nitrogens with zero attached hydrogens (tertiary/aromatic N) is 8. The van der Waals surface area contributed by atoms with Crippen molar-refractivity contribution in [2.45, 2.75) is 136 Å². The van der Waals surface area contributed by atoms with Gasteiger partial charge in [0.15, 0.2) is 0 Å². The van der Waals surface area contributed by atoms with Gasteiger partial charge in [0.2, 0.25) is 35.4 Å². The van der Waals surface area contributed by atoms with Gasteiger partial charge in [0, 0.05) is 67.1 Å². The Balaban J connectivity index is 1.60. The molecule has 0 radical (unpaired) electrons. The Kier molecular flexibility index (Phi) is 19.5. The summed E-state index contributed by atoms with van der Waals surface area (Å²) in [5.74, 6) is -4.06. The van der Waals surface area contributed by atoms with Crippen molar-refractivity contribution in [2.75, 3.05) is 54.9 Å². The topological polar surface area (TPSA) is 175 Å². The second-order valence-electron chi connectivity index (χ2n) is 19.8. The number of aliphatic hydroxyl groups excluding tert-OH is 1. The number of carbonyl (C=O) groups is 7. The van der Waals surface area contributed by atoms with Gasteiger partial charge in [-0.05, 0) is 67.1 Å². The van der Waals surface area contributed by atoms with E-state index in [9.17, 15) is 38.7 Å². The van der Waals surface area contributed by atoms with Crippen LogP contribution in [0.2, 0.25) is 0 Å². The molecule has 370 valence electrons. The van der Waals surface area contributed by atoms with Crippen molar-refractivity contribution in [3.05, 3.63) is 66.0 Å². The molecule has 1 aromatic carbocycles. The minimum absolute atomic E-state index is 0.157. The summed E-state index contributed by atoms with van der Waals surface area (Å²) in [6.07, 6.45) is 6.07. The highest BCUT2D eigenvalue weighted by Gasteiger charge is 2.47. The molecule has 4 rings (SSSR count). The van der Waals surface area contributed by atoms with E-state index in [0.29, 0.717) is 37.8 Å². The van der Waals surface area contributed by atoms with Gasteiger partial charge in [0.05, 0.1) is 18.2 Å². The molecule has 2 aliphatic heterocycles. The summed E-state index contributed by atoms with van der Waals surface area (Å²) in [5, 5.41) is 9.98. The van der Waals surface area contributed by atoms with E-state index < -0.39 is 71.7 Å². The van der Waals surface area contributed by atoms with Crippen molar-refractivity contribution in [3.63, 3.8) is 0 Å². The molecule has 1 N–H and O–H groups in total. The van der Waals surface area contributed by atoms with Crippen molar-refractivity contribution < 1.29 is 38.7 Å². The maximum atomic E-state index is 14.9. The smallest absolute Gasteiger partial charge is 0.255 e.